The third-order valence-corrected chi connectivity index (χ3v) is 3.68. The first kappa shape index (κ1) is 15.2. The number of aliphatic hydroxyl groups excluding tert-OH is 1. The Morgan fingerprint density at radius 1 is 1.15 bits per heavy atom. The second-order valence-electron chi connectivity index (χ2n) is 4.73. The van der Waals surface area contributed by atoms with Gasteiger partial charge in [-0.05, 0) is 55.3 Å². The molecule has 0 aliphatic carbocycles. The normalized spacial score (nSPS) is 12.2. The molecule has 0 aliphatic heterocycles. The molecule has 0 fully saturated rings. The minimum absolute atomic E-state index is 0.355. The minimum Gasteiger partial charge on any atom is -0.489 e. The summed E-state index contributed by atoms with van der Waals surface area (Å²) in [5.41, 5.74) is 2.69. The van der Waals surface area contributed by atoms with E-state index in [1.54, 1.807) is 25.1 Å². The van der Waals surface area contributed by atoms with Gasteiger partial charge in [0.1, 0.15) is 12.4 Å². The second kappa shape index (κ2) is 6.49. The van der Waals surface area contributed by atoms with Crippen molar-refractivity contribution in [1.82, 2.24) is 0 Å². The molecule has 2 rings (SSSR count). The average molecular weight is 311 g/mol. The standard InChI is InChI=1S/C16H16Cl2O2/c1-10-7-12(11(2)19)3-6-16(10)20-9-13-8-14(17)4-5-15(13)18/h3-8,11,19H,9H2,1-2H3. The maximum atomic E-state index is 9.54. The van der Waals surface area contributed by atoms with E-state index < -0.39 is 6.10 Å². The van der Waals surface area contributed by atoms with E-state index in [-0.39, 0.29) is 0 Å². The van der Waals surface area contributed by atoms with Crippen LogP contribution in [0.2, 0.25) is 10.0 Å². The maximum absolute atomic E-state index is 9.54. The molecule has 0 spiro atoms. The predicted octanol–water partition coefficient (Wildman–Crippen LogP) is 4.93. The molecule has 106 valence electrons. The van der Waals surface area contributed by atoms with E-state index >= 15 is 0 Å². The van der Waals surface area contributed by atoms with Gasteiger partial charge in [0.25, 0.3) is 0 Å². The first-order valence-corrected chi connectivity index (χ1v) is 7.08. The van der Waals surface area contributed by atoms with Gasteiger partial charge in [-0.2, -0.15) is 0 Å². The lowest BCUT2D eigenvalue weighted by Gasteiger charge is -2.13. The van der Waals surface area contributed by atoms with Crippen LogP contribution in [0.25, 0.3) is 0 Å². The maximum Gasteiger partial charge on any atom is 0.122 e. The van der Waals surface area contributed by atoms with Gasteiger partial charge in [-0.15, -0.1) is 0 Å². The van der Waals surface area contributed by atoms with Crippen LogP contribution < -0.4 is 4.74 Å². The molecular weight excluding hydrogens is 295 g/mol. The first-order chi connectivity index (χ1) is 9.47. The van der Waals surface area contributed by atoms with Crippen molar-refractivity contribution < 1.29 is 9.84 Å². The van der Waals surface area contributed by atoms with Gasteiger partial charge >= 0.3 is 0 Å². The fraction of sp³-hybridized carbons (Fsp3) is 0.250. The summed E-state index contributed by atoms with van der Waals surface area (Å²) in [6.07, 6.45) is -0.481. The van der Waals surface area contributed by atoms with Crippen molar-refractivity contribution >= 4 is 23.2 Å². The molecule has 4 heteroatoms. The highest BCUT2D eigenvalue weighted by molar-refractivity contribution is 6.33. The Hall–Kier alpha value is -1.22. The van der Waals surface area contributed by atoms with E-state index in [1.165, 1.54) is 0 Å². The van der Waals surface area contributed by atoms with Gasteiger partial charge in [0.15, 0.2) is 0 Å². The first-order valence-electron chi connectivity index (χ1n) is 6.32. The van der Waals surface area contributed by atoms with Crippen molar-refractivity contribution in [3.63, 3.8) is 0 Å². The topological polar surface area (TPSA) is 29.5 Å². The molecule has 2 aromatic carbocycles. The Morgan fingerprint density at radius 2 is 1.90 bits per heavy atom. The summed E-state index contributed by atoms with van der Waals surface area (Å²) >= 11 is 12.0. The van der Waals surface area contributed by atoms with Gasteiger partial charge in [-0.3, -0.25) is 0 Å². The number of aryl methyl sites for hydroxylation is 1. The molecule has 0 aliphatic rings. The number of aliphatic hydroxyl groups is 1. The lowest BCUT2D eigenvalue weighted by atomic mass is 10.1. The highest BCUT2D eigenvalue weighted by Gasteiger charge is 2.07. The zero-order valence-electron chi connectivity index (χ0n) is 11.4. The fourth-order valence-corrected chi connectivity index (χ4v) is 2.27. The molecule has 0 aromatic heterocycles. The third-order valence-electron chi connectivity index (χ3n) is 3.07. The van der Waals surface area contributed by atoms with Crippen LogP contribution in [0, 0.1) is 6.92 Å². The third kappa shape index (κ3) is 3.66. The largest absolute Gasteiger partial charge is 0.489 e. The summed E-state index contributed by atoms with van der Waals surface area (Å²) in [5.74, 6) is 0.769. The van der Waals surface area contributed by atoms with Crippen molar-refractivity contribution in [3.8, 4) is 5.75 Å². The summed E-state index contributed by atoms with van der Waals surface area (Å²) in [6, 6.07) is 10.9. The van der Waals surface area contributed by atoms with E-state index in [9.17, 15) is 5.11 Å². The summed E-state index contributed by atoms with van der Waals surface area (Å²) < 4.78 is 5.77. The quantitative estimate of drug-likeness (QED) is 0.867. The van der Waals surface area contributed by atoms with Gasteiger partial charge in [0.05, 0.1) is 6.10 Å². The molecule has 0 saturated carbocycles. The Labute approximate surface area is 128 Å². The Balaban J connectivity index is 2.13. The van der Waals surface area contributed by atoms with Crippen molar-refractivity contribution in [2.24, 2.45) is 0 Å². The van der Waals surface area contributed by atoms with Crippen LogP contribution in [0.3, 0.4) is 0 Å². The van der Waals surface area contributed by atoms with Crippen LogP contribution in [-0.4, -0.2) is 5.11 Å². The Kier molecular flexibility index (Phi) is 4.92. The number of benzene rings is 2. The smallest absolute Gasteiger partial charge is 0.122 e. The summed E-state index contributed by atoms with van der Waals surface area (Å²) in [5, 5.41) is 10.8. The molecule has 1 atom stereocenters. The molecule has 2 aromatic rings. The number of halogens is 2. The van der Waals surface area contributed by atoms with Gasteiger partial charge < -0.3 is 9.84 Å². The number of rotatable bonds is 4. The van der Waals surface area contributed by atoms with E-state index in [1.807, 2.05) is 25.1 Å². The molecule has 1 unspecified atom stereocenters. The summed E-state index contributed by atoms with van der Waals surface area (Å²) in [4.78, 5) is 0. The molecular formula is C16H16Cl2O2. The number of ether oxygens (including phenoxy) is 1. The lowest BCUT2D eigenvalue weighted by Crippen LogP contribution is -1.99. The van der Waals surface area contributed by atoms with Crippen LogP contribution in [0.15, 0.2) is 36.4 Å². The summed E-state index contributed by atoms with van der Waals surface area (Å²) in [7, 11) is 0. The predicted molar refractivity (Wildman–Crippen MR) is 82.6 cm³/mol. The van der Waals surface area contributed by atoms with Crippen LogP contribution in [0.5, 0.6) is 5.75 Å². The zero-order valence-corrected chi connectivity index (χ0v) is 12.9. The molecule has 20 heavy (non-hydrogen) atoms. The van der Waals surface area contributed by atoms with Crippen LogP contribution in [0.1, 0.15) is 29.7 Å². The van der Waals surface area contributed by atoms with Crippen molar-refractivity contribution in [1.29, 1.82) is 0 Å². The lowest BCUT2D eigenvalue weighted by molar-refractivity contribution is 0.199. The molecule has 0 saturated heterocycles. The molecule has 2 nitrogen and oxygen atoms in total. The van der Waals surface area contributed by atoms with Crippen molar-refractivity contribution in [2.75, 3.05) is 0 Å². The van der Waals surface area contributed by atoms with Crippen LogP contribution >= 0.6 is 23.2 Å². The van der Waals surface area contributed by atoms with E-state index in [2.05, 4.69) is 0 Å². The second-order valence-corrected chi connectivity index (χ2v) is 5.57. The molecule has 1 N–H and O–H groups in total. The molecule has 0 heterocycles. The molecule has 0 bridgehead atoms. The SMILES string of the molecule is Cc1cc(C(C)O)ccc1OCc1cc(Cl)ccc1Cl. The van der Waals surface area contributed by atoms with E-state index in [4.69, 9.17) is 27.9 Å². The monoisotopic (exact) mass is 310 g/mol. The number of hydrogen-bond acceptors (Lipinski definition) is 2. The average Bonchev–Trinajstić information content (AvgIpc) is 2.40. The minimum atomic E-state index is -0.481. The highest BCUT2D eigenvalue weighted by atomic mass is 35.5. The zero-order chi connectivity index (χ0) is 14.7. The van der Waals surface area contributed by atoms with Crippen LogP contribution in [0.4, 0.5) is 0 Å². The highest BCUT2D eigenvalue weighted by Crippen LogP contribution is 2.26. The van der Waals surface area contributed by atoms with Crippen molar-refractivity contribution in [2.45, 2.75) is 26.6 Å². The van der Waals surface area contributed by atoms with Crippen LogP contribution in [-0.2, 0) is 6.61 Å². The van der Waals surface area contributed by atoms with Gasteiger partial charge in [-0.25, -0.2) is 0 Å². The van der Waals surface area contributed by atoms with Crippen molar-refractivity contribution in [3.05, 3.63) is 63.1 Å². The number of hydrogen-bond donors (Lipinski definition) is 1. The van der Waals surface area contributed by atoms with Gasteiger partial charge in [0.2, 0.25) is 0 Å². The fourth-order valence-electron chi connectivity index (χ4n) is 1.90. The summed E-state index contributed by atoms with van der Waals surface area (Å²) in [6.45, 7) is 4.04. The molecule has 0 amide bonds. The Morgan fingerprint density at radius 3 is 2.55 bits per heavy atom. The van der Waals surface area contributed by atoms with Gasteiger partial charge in [0, 0.05) is 15.6 Å². The van der Waals surface area contributed by atoms with E-state index in [0.29, 0.717) is 16.7 Å². The molecule has 0 radical (unpaired) electrons. The Bertz CT molecular complexity index is 609. The van der Waals surface area contributed by atoms with Gasteiger partial charge in [-0.1, -0.05) is 29.3 Å². The van der Waals surface area contributed by atoms with E-state index in [0.717, 1.165) is 22.4 Å².